The molecule has 1 saturated heterocycles. The molecular weight excluding hydrogens is 290 g/mol. The second-order valence-electron chi connectivity index (χ2n) is 6.16. The first-order chi connectivity index (χ1) is 10.8. The Kier molecular flexibility index (Phi) is 4.68. The van der Waals surface area contributed by atoms with Crippen molar-refractivity contribution < 1.29 is 9.59 Å². The van der Waals surface area contributed by atoms with Gasteiger partial charge in [0.25, 0.3) is 5.91 Å². The van der Waals surface area contributed by atoms with Crippen molar-refractivity contribution in [3.8, 4) is 0 Å². The van der Waals surface area contributed by atoms with Crippen LogP contribution in [0.25, 0.3) is 0 Å². The van der Waals surface area contributed by atoms with Crippen molar-refractivity contribution in [2.45, 2.75) is 39.8 Å². The lowest BCUT2D eigenvalue weighted by atomic mass is 10.0. The van der Waals surface area contributed by atoms with Gasteiger partial charge in [-0.05, 0) is 33.3 Å². The summed E-state index contributed by atoms with van der Waals surface area (Å²) in [6, 6.07) is 7.65. The molecule has 3 amide bonds. The molecule has 5 nitrogen and oxygen atoms in total. The van der Waals surface area contributed by atoms with Gasteiger partial charge in [-0.3, -0.25) is 9.79 Å². The third-order valence-corrected chi connectivity index (χ3v) is 4.06. The van der Waals surface area contributed by atoms with E-state index in [9.17, 15) is 9.59 Å². The Labute approximate surface area is 137 Å². The lowest BCUT2D eigenvalue weighted by Gasteiger charge is -2.27. The van der Waals surface area contributed by atoms with Crippen LogP contribution in [-0.4, -0.2) is 40.5 Å². The molecule has 1 aliphatic heterocycles. The number of imide groups is 1. The van der Waals surface area contributed by atoms with Gasteiger partial charge >= 0.3 is 6.03 Å². The molecule has 0 saturated carbocycles. The van der Waals surface area contributed by atoms with Crippen molar-refractivity contribution in [2.24, 2.45) is 4.99 Å². The molecule has 0 unspecified atom stereocenters. The van der Waals surface area contributed by atoms with Crippen LogP contribution in [0.15, 0.2) is 41.0 Å². The number of allylic oxidation sites excluding steroid dienone is 2. The highest BCUT2D eigenvalue weighted by atomic mass is 16.2. The van der Waals surface area contributed by atoms with Gasteiger partial charge in [-0.25, -0.2) is 9.69 Å². The van der Waals surface area contributed by atoms with E-state index in [1.54, 1.807) is 38.8 Å². The highest BCUT2D eigenvalue weighted by molar-refractivity contribution is 6.11. The van der Waals surface area contributed by atoms with E-state index >= 15 is 0 Å². The largest absolute Gasteiger partial charge is 0.332 e. The standard InChI is InChI=1S/C18H23N3O2/c1-6-15(11-19-5)21-16(22)18(3,4)20(17(21)23)12-14-9-7-8-13(2)10-14/h6-11H,12H2,1-5H3/b15-6+,19-11?. The Morgan fingerprint density at radius 2 is 2.00 bits per heavy atom. The van der Waals surface area contributed by atoms with Gasteiger partial charge in [0.2, 0.25) is 0 Å². The van der Waals surface area contributed by atoms with E-state index < -0.39 is 5.54 Å². The lowest BCUT2D eigenvalue weighted by Crippen LogP contribution is -2.43. The predicted molar refractivity (Wildman–Crippen MR) is 91.2 cm³/mol. The molecule has 1 aromatic carbocycles. The summed E-state index contributed by atoms with van der Waals surface area (Å²) in [7, 11) is 1.62. The minimum atomic E-state index is -0.892. The molecule has 0 atom stereocenters. The number of nitrogens with zero attached hydrogens (tertiary/aromatic N) is 3. The van der Waals surface area contributed by atoms with Gasteiger partial charge in [-0.2, -0.15) is 0 Å². The fraction of sp³-hybridized carbons (Fsp3) is 0.389. The summed E-state index contributed by atoms with van der Waals surface area (Å²) in [6.45, 7) is 7.75. The van der Waals surface area contributed by atoms with Crippen molar-refractivity contribution in [1.82, 2.24) is 9.80 Å². The molecule has 1 aliphatic rings. The van der Waals surface area contributed by atoms with Gasteiger partial charge < -0.3 is 4.90 Å². The van der Waals surface area contributed by atoms with E-state index in [4.69, 9.17) is 0 Å². The summed E-state index contributed by atoms with van der Waals surface area (Å²) >= 11 is 0. The Morgan fingerprint density at radius 1 is 1.30 bits per heavy atom. The van der Waals surface area contributed by atoms with E-state index in [1.165, 1.54) is 11.1 Å². The molecule has 23 heavy (non-hydrogen) atoms. The quantitative estimate of drug-likeness (QED) is 0.633. The second kappa shape index (κ2) is 6.36. The number of hydrogen-bond acceptors (Lipinski definition) is 3. The molecule has 1 heterocycles. The Bertz CT molecular complexity index is 689. The highest BCUT2D eigenvalue weighted by Crippen LogP contribution is 2.31. The third-order valence-electron chi connectivity index (χ3n) is 4.06. The molecule has 0 aromatic heterocycles. The monoisotopic (exact) mass is 313 g/mol. The summed E-state index contributed by atoms with van der Waals surface area (Å²) < 4.78 is 0. The zero-order valence-corrected chi connectivity index (χ0v) is 14.3. The van der Waals surface area contributed by atoms with Crippen LogP contribution >= 0.6 is 0 Å². The second-order valence-corrected chi connectivity index (χ2v) is 6.16. The van der Waals surface area contributed by atoms with E-state index in [-0.39, 0.29) is 11.9 Å². The number of carbonyl (C=O) groups excluding carboxylic acids is 2. The highest BCUT2D eigenvalue weighted by Gasteiger charge is 2.51. The molecule has 0 aliphatic carbocycles. The number of aliphatic imine (C=N–C) groups is 1. The average Bonchev–Trinajstić information content (AvgIpc) is 2.66. The molecule has 5 heteroatoms. The van der Waals surface area contributed by atoms with Crippen LogP contribution < -0.4 is 0 Å². The molecule has 2 rings (SSSR count). The van der Waals surface area contributed by atoms with Crippen molar-refractivity contribution in [1.29, 1.82) is 0 Å². The SMILES string of the molecule is C/C=C(\C=NC)N1C(=O)N(Cc2cccc(C)c2)C(C)(C)C1=O. The number of rotatable bonds is 4. The Hall–Kier alpha value is -2.43. The number of hydrogen-bond donors (Lipinski definition) is 0. The van der Waals surface area contributed by atoms with Crippen LogP contribution in [0.5, 0.6) is 0 Å². The Balaban J connectivity index is 2.37. The zero-order valence-electron chi connectivity index (χ0n) is 14.3. The first-order valence-electron chi connectivity index (χ1n) is 7.63. The predicted octanol–water partition coefficient (Wildman–Crippen LogP) is 3.14. The first-order valence-corrected chi connectivity index (χ1v) is 7.63. The topological polar surface area (TPSA) is 53.0 Å². The summed E-state index contributed by atoms with van der Waals surface area (Å²) in [4.78, 5) is 32.3. The van der Waals surface area contributed by atoms with Crippen LogP contribution in [0, 0.1) is 6.92 Å². The summed E-state index contributed by atoms with van der Waals surface area (Å²) in [5.41, 5.74) is 1.74. The molecule has 0 N–H and O–H groups in total. The van der Waals surface area contributed by atoms with Crippen LogP contribution in [0.2, 0.25) is 0 Å². The fourth-order valence-electron chi connectivity index (χ4n) is 2.72. The van der Waals surface area contributed by atoms with E-state index in [2.05, 4.69) is 4.99 Å². The summed E-state index contributed by atoms with van der Waals surface area (Å²) in [5, 5.41) is 0. The average molecular weight is 313 g/mol. The summed E-state index contributed by atoms with van der Waals surface area (Å²) in [5.74, 6) is -0.233. The van der Waals surface area contributed by atoms with Gasteiger partial charge in [0.15, 0.2) is 0 Å². The van der Waals surface area contributed by atoms with Gasteiger partial charge in [0.1, 0.15) is 5.54 Å². The van der Waals surface area contributed by atoms with Gasteiger partial charge in [-0.15, -0.1) is 0 Å². The smallest absolute Gasteiger partial charge is 0.305 e. The minimum Gasteiger partial charge on any atom is -0.305 e. The number of carbonyl (C=O) groups is 2. The normalized spacial score (nSPS) is 18.4. The lowest BCUT2D eigenvalue weighted by molar-refractivity contribution is -0.130. The number of benzene rings is 1. The van der Waals surface area contributed by atoms with Crippen molar-refractivity contribution in [3.63, 3.8) is 0 Å². The molecule has 1 aromatic rings. The van der Waals surface area contributed by atoms with Crippen LogP contribution in [0.3, 0.4) is 0 Å². The Morgan fingerprint density at radius 3 is 2.57 bits per heavy atom. The van der Waals surface area contributed by atoms with Gasteiger partial charge in [0.05, 0.1) is 5.70 Å². The van der Waals surface area contributed by atoms with Crippen molar-refractivity contribution in [2.75, 3.05) is 7.05 Å². The maximum Gasteiger partial charge on any atom is 0.332 e. The zero-order chi connectivity index (χ0) is 17.2. The first kappa shape index (κ1) is 16.9. The molecule has 122 valence electrons. The number of amides is 3. The van der Waals surface area contributed by atoms with Crippen molar-refractivity contribution in [3.05, 3.63) is 47.2 Å². The third kappa shape index (κ3) is 3.04. The molecular formula is C18H23N3O2. The van der Waals surface area contributed by atoms with Gasteiger partial charge in [0, 0.05) is 19.8 Å². The maximum atomic E-state index is 12.8. The molecule has 0 bridgehead atoms. The maximum absolute atomic E-state index is 12.8. The van der Waals surface area contributed by atoms with E-state index in [0.717, 1.165) is 11.1 Å². The molecule has 1 fully saturated rings. The van der Waals surface area contributed by atoms with Gasteiger partial charge in [-0.1, -0.05) is 35.9 Å². The van der Waals surface area contributed by atoms with Crippen LogP contribution in [0.1, 0.15) is 31.9 Å². The van der Waals surface area contributed by atoms with E-state index in [0.29, 0.717) is 12.2 Å². The molecule has 0 spiro atoms. The van der Waals surface area contributed by atoms with E-state index in [1.807, 2.05) is 31.2 Å². The molecule has 0 radical (unpaired) electrons. The summed E-state index contributed by atoms with van der Waals surface area (Å²) in [6.07, 6.45) is 3.25. The minimum absolute atomic E-state index is 0.233. The van der Waals surface area contributed by atoms with Crippen LogP contribution in [0.4, 0.5) is 4.79 Å². The number of urea groups is 1. The van der Waals surface area contributed by atoms with Crippen molar-refractivity contribution >= 4 is 18.2 Å². The number of aryl methyl sites for hydroxylation is 1. The fourth-order valence-corrected chi connectivity index (χ4v) is 2.72. The van der Waals surface area contributed by atoms with Crippen LogP contribution in [-0.2, 0) is 11.3 Å².